The fraction of sp³-hybridized carbons (Fsp3) is 0.412. The zero-order valence-electron chi connectivity index (χ0n) is 13.0. The van der Waals surface area contributed by atoms with Crippen LogP contribution in [0.25, 0.3) is 0 Å². The highest BCUT2D eigenvalue weighted by Crippen LogP contribution is 2.38. The van der Waals surface area contributed by atoms with Gasteiger partial charge < -0.3 is 14.2 Å². The first-order valence-corrected chi connectivity index (χ1v) is 7.33. The van der Waals surface area contributed by atoms with Crippen LogP contribution >= 0.6 is 0 Å². The van der Waals surface area contributed by atoms with Gasteiger partial charge in [-0.3, -0.25) is 9.59 Å². The predicted octanol–water partition coefficient (Wildman–Crippen LogP) is 3.27. The molecule has 2 aromatic heterocycles. The zero-order valence-corrected chi connectivity index (χ0v) is 13.0. The third-order valence-corrected chi connectivity index (χ3v) is 3.99. The molecule has 22 heavy (non-hydrogen) atoms. The Morgan fingerprint density at radius 2 is 2.14 bits per heavy atom. The monoisotopic (exact) mass is 301 g/mol. The first kappa shape index (κ1) is 14.6. The maximum atomic E-state index is 12.3. The Morgan fingerprint density at radius 3 is 2.82 bits per heavy atom. The molecule has 1 aliphatic carbocycles. The Morgan fingerprint density at radius 1 is 1.36 bits per heavy atom. The van der Waals surface area contributed by atoms with E-state index in [0.717, 1.165) is 0 Å². The summed E-state index contributed by atoms with van der Waals surface area (Å²) in [6.07, 6.45) is 2.70. The second-order valence-corrected chi connectivity index (χ2v) is 6.56. The van der Waals surface area contributed by atoms with E-state index in [1.807, 2.05) is 13.8 Å². The number of hydrogen-bond acceptors (Lipinski definition) is 4. The Bertz CT molecular complexity index is 722. The lowest BCUT2D eigenvalue weighted by Gasteiger charge is -2.27. The van der Waals surface area contributed by atoms with Crippen molar-refractivity contribution < 1.29 is 18.4 Å². The van der Waals surface area contributed by atoms with Gasteiger partial charge in [0.2, 0.25) is 0 Å². The van der Waals surface area contributed by atoms with Gasteiger partial charge >= 0.3 is 0 Å². The molecule has 1 aliphatic rings. The maximum Gasteiger partial charge on any atom is 0.287 e. The predicted molar refractivity (Wildman–Crippen MR) is 79.8 cm³/mol. The SMILES string of the molecule is Cc1c(C(=O)NCc2ccco2)oc2c1C(=O)CC(C)(C)C2. The topological polar surface area (TPSA) is 72.5 Å². The van der Waals surface area contributed by atoms with Gasteiger partial charge in [0.1, 0.15) is 11.5 Å². The minimum absolute atomic E-state index is 0.0533. The van der Waals surface area contributed by atoms with E-state index >= 15 is 0 Å². The maximum absolute atomic E-state index is 12.3. The number of carbonyl (C=O) groups is 2. The van der Waals surface area contributed by atoms with Crippen molar-refractivity contribution in [3.8, 4) is 0 Å². The molecule has 0 aromatic carbocycles. The molecule has 0 unspecified atom stereocenters. The standard InChI is InChI=1S/C17H19NO4/c1-10-14-12(19)7-17(2,3)8-13(14)22-15(10)16(20)18-9-11-5-4-6-21-11/h4-6H,7-9H2,1-3H3,(H,18,20). The molecular formula is C17H19NO4. The molecule has 0 saturated carbocycles. The molecule has 0 aliphatic heterocycles. The van der Waals surface area contributed by atoms with E-state index < -0.39 is 0 Å². The van der Waals surface area contributed by atoms with Gasteiger partial charge in [-0.15, -0.1) is 0 Å². The largest absolute Gasteiger partial charge is 0.467 e. The van der Waals surface area contributed by atoms with E-state index in [1.54, 1.807) is 25.3 Å². The van der Waals surface area contributed by atoms with E-state index in [4.69, 9.17) is 8.83 Å². The summed E-state index contributed by atoms with van der Waals surface area (Å²) in [4.78, 5) is 24.6. The Labute approximate surface area is 128 Å². The molecule has 5 heteroatoms. The van der Waals surface area contributed by atoms with Crippen LogP contribution in [0.15, 0.2) is 27.2 Å². The highest BCUT2D eigenvalue weighted by Gasteiger charge is 2.36. The number of rotatable bonds is 3. The number of furan rings is 2. The average molecular weight is 301 g/mol. The summed E-state index contributed by atoms with van der Waals surface area (Å²) in [5.41, 5.74) is 1.09. The lowest BCUT2D eigenvalue weighted by molar-refractivity contribution is 0.0887. The van der Waals surface area contributed by atoms with Crippen molar-refractivity contribution >= 4 is 11.7 Å². The van der Waals surface area contributed by atoms with E-state index in [9.17, 15) is 9.59 Å². The van der Waals surface area contributed by atoms with Gasteiger partial charge in [-0.05, 0) is 24.5 Å². The lowest BCUT2D eigenvalue weighted by Crippen LogP contribution is -2.26. The summed E-state index contributed by atoms with van der Waals surface area (Å²) >= 11 is 0. The summed E-state index contributed by atoms with van der Waals surface area (Å²) in [5.74, 6) is 1.25. The number of carbonyl (C=O) groups excluding carboxylic acids is 2. The molecule has 1 amide bonds. The fourth-order valence-electron chi connectivity index (χ4n) is 2.96. The van der Waals surface area contributed by atoms with E-state index in [2.05, 4.69) is 5.32 Å². The molecular weight excluding hydrogens is 282 g/mol. The quantitative estimate of drug-likeness (QED) is 0.944. The van der Waals surface area contributed by atoms with Gasteiger partial charge in [0.25, 0.3) is 5.91 Å². The second kappa shape index (κ2) is 5.16. The van der Waals surface area contributed by atoms with Crippen LogP contribution in [0.1, 0.15) is 58.3 Å². The van der Waals surface area contributed by atoms with Crippen LogP contribution in [0, 0.1) is 12.3 Å². The minimum Gasteiger partial charge on any atom is -0.467 e. The number of hydrogen-bond donors (Lipinski definition) is 1. The van der Waals surface area contributed by atoms with E-state index in [1.165, 1.54) is 0 Å². The van der Waals surface area contributed by atoms with Crippen molar-refractivity contribution in [2.75, 3.05) is 0 Å². The van der Waals surface area contributed by atoms with Crippen molar-refractivity contribution in [2.24, 2.45) is 5.41 Å². The Hall–Kier alpha value is -2.30. The molecule has 0 bridgehead atoms. The van der Waals surface area contributed by atoms with Crippen LogP contribution < -0.4 is 5.32 Å². The molecule has 116 valence electrons. The van der Waals surface area contributed by atoms with Crippen LogP contribution in [0.4, 0.5) is 0 Å². The van der Waals surface area contributed by atoms with E-state index in [0.29, 0.717) is 35.5 Å². The van der Waals surface area contributed by atoms with Gasteiger partial charge in [-0.2, -0.15) is 0 Å². The second-order valence-electron chi connectivity index (χ2n) is 6.56. The molecule has 3 rings (SSSR count). The summed E-state index contributed by atoms with van der Waals surface area (Å²) in [6.45, 7) is 6.11. The average Bonchev–Trinajstić information content (AvgIpc) is 3.02. The van der Waals surface area contributed by atoms with Crippen molar-refractivity contribution in [1.82, 2.24) is 5.32 Å². The van der Waals surface area contributed by atoms with Crippen molar-refractivity contribution in [2.45, 2.75) is 40.2 Å². The number of fused-ring (bicyclic) bond motifs is 1. The molecule has 0 spiro atoms. The number of amides is 1. The molecule has 1 N–H and O–H groups in total. The van der Waals surface area contributed by atoms with Gasteiger partial charge in [0.05, 0.1) is 18.4 Å². The van der Waals surface area contributed by atoms with Crippen molar-refractivity contribution in [3.05, 3.63) is 46.8 Å². The van der Waals surface area contributed by atoms with E-state index in [-0.39, 0.29) is 29.4 Å². The highest BCUT2D eigenvalue weighted by molar-refractivity contribution is 6.03. The molecule has 5 nitrogen and oxygen atoms in total. The number of Topliss-reactive ketones (excluding diaryl/α,β-unsaturated/α-hetero) is 1. The van der Waals surface area contributed by atoms with Gasteiger partial charge in [0.15, 0.2) is 11.5 Å². The third kappa shape index (κ3) is 2.58. The number of ketones is 1. The summed E-state index contributed by atoms with van der Waals surface area (Å²) in [7, 11) is 0. The van der Waals surface area contributed by atoms with Crippen LogP contribution in [-0.2, 0) is 13.0 Å². The van der Waals surface area contributed by atoms with Crippen LogP contribution in [0.2, 0.25) is 0 Å². The first-order chi connectivity index (χ1) is 10.4. The fourth-order valence-corrected chi connectivity index (χ4v) is 2.96. The Balaban J connectivity index is 1.83. The molecule has 0 saturated heterocycles. The molecule has 0 radical (unpaired) electrons. The van der Waals surface area contributed by atoms with Crippen LogP contribution in [0.5, 0.6) is 0 Å². The highest BCUT2D eigenvalue weighted by atomic mass is 16.4. The minimum atomic E-state index is -0.325. The first-order valence-electron chi connectivity index (χ1n) is 7.33. The van der Waals surface area contributed by atoms with Gasteiger partial charge in [-0.25, -0.2) is 0 Å². The van der Waals surface area contributed by atoms with Gasteiger partial charge in [0, 0.05) is 18.4 Å². The molecule has 0 fully saturated rings. The Kier molecular flexibility index (Phi) is 3.43. The lowest BCUT2D eigenvalue weighted by atomic mass is 9.76. The molecule has 2 aromatic rings. The zero-order chi connectivity index (χ0) is 15.9. The van der Waals surface area contributed by atoms with Crippen molar-refractivity contribution in [1.29, 1.82) is 0 Å². The summed E-state index contributed by atoms with van der Waals surface area (Å²) in [5, 5.41) is 2.75. The normalized spacial score (nSPS) is 16.4. The van der Waals surface area contributed by atoms with Crippen LogP contribution in [-0.4, -0.2) is 11.7 Å². The molecule has 2 heterocycles. The summed E-state index contributed by atoms with van der Waals surface area (Å²) < 4.78 is 10.9. The van der Waals surface area contributed by atoms with Crippen molar-refractivity contribution in [3.63, 3.8) is 0 Å². The van der Waals surface area contributed by atoms with Crippen LogP contribution in [0.3, 0.4) is 0 Å². The van der Waals surface area contributed by atoms with Gasteiger partial charge in [-0.1, -0.05) is 13.8 Å². The smallest absolute Gasteiger partial charge is 0.287 e. The third-order valence-electron chi connectivity index (χ3n) is 3.99. The summed E-state index contributed by atoms with van der Waals surface area (Å²) in [6, 6.07) is 3.55. The molecule has 0 atom stereocenters. The number of nitrogens with one attached hydrogen (secondary N) is 1.